The normalized spacial score (nSPS) is 10.8. The summed E-state index contributed by atoms with van der Waals surface area (Å²) in [5.74, 6) is -0.400. The van der Waals surface area contributed by atoms with Crippen molar-refractivity contribution in [2.24, 2.45) is 0 Å². The topological polar surface area (TPSA) is 88.2 Å². The van der Waals surface area contributed by atoms with E-state index in [9.17, 15) is 13.2 Å². The van der Waals surface area contributed by atoms with Crippen molar-refractivity contribution >= 4 is 27.3 Å². The zero-order valence-electron chi connectivity index (χ0n) is 10.7. The van der Waals surface area contributed by atoms with Gasteiger partial charge in [0.1, 0.15) is 0 Å². The molecule has 2 aromatic rings. The van der Waals surface area contributed by atoms with Crippen LogP contribution >= 0.6 is 0 Å². The molecule has 0 fully saturated rings. The van der Waals surface area contributed by atoms with Crippen LogP contribution in [0, 0.1) is 0 Å². The SMILES string of the molecule is CS(=O)(=O)Nc1ccccc1C(=O)Nc1ccncc1. The molecule has 1 amide bonds. The highest BCUT2D eigenvalue weighted by Crippen LogP contribution is 2.18. The smallest absolute Gasteiger partial charge is 0.257 e. The number of amides is 1. The molecule has 2 N–H and O–H groups in total. The van der Waals surface area contributed by atoms with Gasteiger partial charge in [0.25, 0.3) is 5.91 Å². The van der Waals surface area contributed by atoms with Gasteiger partial charge in [-0.25, -0.2) is 8.42 Å². The Morgan fingerprint density at radius 2 is 1.75 bits per heavy atom. The van der Waals surface area contributed by atoms with Crippen LogP contribution in [0.4, 0.5) is 11.4 Å². The molecule has 0 saturated heterocycles. The van der Waals surface area contributed by atoms with E-state index in [0.29, 0.717) is 5.69 Å². The van der Waals surface area contributed by atoms with E-state index in [4.69, 9.17) is 0 Å². The number of benzene rings is 1. The highest BCUT2D eigenvalue weighted by atomic mass is 32.2. The zero-order valence-corrected chi connectivity index (χ0v) is 11.5. The summed E-state index contributed by atoms with van der Waals surface area (Å²) in [6.45, 7) is 0. The van der Waals surface area contributed by atoms with Gasteiger partial charge < -0.3 is 5.32 Å². The quantitative estimate of drug-likeness (QED) is 0.897. The van der Waals surface area contributed by atoms with Crippen LogP contribution in [0.2, 0.25) is 0 Å². The van der Waals surface area contributed by atoms with E-state index in [-0.39, 0.29) is 11.3 Å². The molecule has 6 nitrogen and oxygen atoms in total. The predicted octanol–water partition coefficient (Wildman–Crippen LogP) is 1.71. The van der Waals surface area contributed by atoms with E-state index in [1.54, 1.807) is 42.7 Å². The summed E-state index contributed by atoms with van der Waals surface area (Å²) in [5, 5.41) is 2.67. The van der Waals surface area contributed by atoms with Gasteiger partial charge in [-0.1, -0.05) is 12.1 Å². The Morgan fingerprint density at radius 1 is 1.10 bits per heavy atom. The molecule has 0 radical (unpaired) electrons. The molecule has 7 heteroatoms. The summed E-state index contributed by atoms with van der Waals surface area (Å²) < 4.78 is 24.9. The van der Waals surface area contributed by atoms with Gasteiger partial charge in [-0.05, 0) is 24.3 Å². The van der Waals surface area contributed by atoms with Crippen molar-refractivity contribution in [3.05, 3.63) is 54.4 Å². The van der Waals surface area contributed by atoms with Gasteiger partial charge in [0.05, 0.1) is 17.5 Å². The average Bonchev–Trinajstić information content (AvgIpc) is 2.38. The number of carbonyl (C=O) groups is 1. The van der Waals surface area contributed by atoms with Crippen LogP contribution in [-0.4, -0.2) is 25.6 Å². The number of rotatable bonds is 4. The summed E-state index contributed by atoms with van der Waals surface area (Å²) in [6, 6.07) is 9.67. The third-order valence-electron chi connectivity index (χ3n) is 2.41. The van der Waals surface area contributed by atoms with Gasteiger partial charge in [-0.2, -0.15) is 0 Å². The third-order valence-corrected chi connectivity index (χ3v) is 3.00. The Morgan fingerprint density at radius 3 is 2.40 bits per heavy atom. The second kappa shape index (κ2) is 5.70. The van der Waals surface area contributed by atoms with Crippen LogP contribution in [-0.2, 0) is 10.0 Å². The Bertz CT molecular complexity index is 715. The molecule has 0 bridgehead atoms. The molecule has 0 saturated carbocycles. The molecule has 0 aliphatic rings. The zero-order chi connectivity index (χ0) is 14.6. The van der Waals surface area contributed by atoms with Gasteiger partial charge in [-0.3, -0.25) is 14.5 Å². The lowest BCUT2D eigenvalue weighted by molar-refractivity contribution is 0.102. The van der Waals surface area contributed by atoms with Gasteiger partial charge in [0.15, 0.2) is 0 Å². The number of nitrogens with zero attached hydrogens (tertiary/aromatic N) is 1. The number of hydrogen-bond acceptors (Lipinski definition) is 4. The summed E-state index contributed by atoms with van der Waals surface area (Å²) in [6.07, 6.45) is 4.14. The minimum Gasteiger partial charge on any atom is -0.322 e. The first-order valence-corrected chi connectivity index (χ1v) is 7.63. The Balaban J connectivity index is 2.26. The molecule has 1 heterocycles. The van der Waals surface area contributed by atoms with Crippen molar-refractivity contribution in [2.45, 2.75) is 0 Å². The Labute approximate surface area is 116 Å². The summed E-state index contributed by atoms with van der Waals surface area (Å²) in [4.78, 5) is 16.0. The highest BCUT2D eigenvalue weighted by molar-refractivity contribution is 7.92. The molecule has 1 aromatic heterocycles. The fourth-order valence-corrected chi connectivity index (χ4v) is 2.18. The van der Waals surface area contributed by atoms with Crippen molar-refractivity contribution in [2.75, 3.05) is 16.3 Å². The Kier molecular flexibility index (Phi) is 3.99. The number of para-hydroxylation sites is 1. The monoisotopic (exact) mass is 291 g/mol. The summed E-state index contributed by atoms with van der Waals surface area (Å²) in [5.41, 5.74) is 1.07. The maximum Gasteiger partial charge on any atom is 0.257 e. The van der Waals surface area contributed by atoms with E-state index in [0.717, 1.165) is 6.26 Å². The molecule has 2 rings (SSSR count). The van der Waals surface area contributed by atoms with Crippen LogP contribution in [0.25, 0.3) is 0 Å². The van der Waals surface area contributed by atoms with Crippen molar-refractivity contribution in [1.29, 1.82) is 0 Å². The number of hydrogen-bond donors (Lipinski definition) is 2. The highest BCUT2D eigenvalue weighted by Gasteiger charge is 2.13. The lowest BCUT2D eigenvalue weighted by atomic mass is 10.1. The fraction of sp³-hybridized carbons (Fsp3) is 0.0769. The maximum absolute atomic E-state index is 12.2. The lowest BCUT2D eigenvalue weighted by Gasteiger charge is -2.10. The number of pyridine rings is 1. The third kappa shape index (κ3) is 3.79. The van der Waals surface area contributed by atoms with Gasteiger partial charge >= 0.3 is 0 Å². The molecule has 0 aliphatic carbocycles. The van der Waals surface area contributed by atoms with E-state index in [1.165, 1.54) is 6.07 Å². The molecule has 0 aliphatic heterocycles. The first-order valence-electron chi connectivity index (χ1n) is 5.74. The molecule has 1 aromatic carbocycles. The fourth-order valence-electron chi connectivity index (χ4n) is 1.60. The predicted molar refractivity (Wildman–Crippen MR) is 77.1 cm³/mol. The molecule has 104 valence electrons. The van der Waals surface area contributed by atoms with E-state index in [2.05, 4.69) is 15.0 Å². The number of anilines is 2. The first-order chi connectivity index (χ1) is 9.46. The van der Waals surface area contributed by atoms with Gasteiger partial charge in [0.2, 0.25) is 10.0 Å². The van der Waals surface area contributed by atoms with Crippen LogP contribution in [0.5, 0.6) is 0 Å². The second-order valence-corrected chi connectivity index (χ2v) is 5.86. The van der Waals surface area contributed by atoms with Gasteiger partial charge in [-0.15, -0.1) is 0 Å². The lowest BCUT2D eigenvalue weighted by Crippen LogP contribution is -2.17. The largest absolute Gasteiger partial charge is 0.322 e. The molecule has 20 heavy (non-hydrogen) atoms. The standard InChI is InChI=1S/C13H13N3O3S/c1-20(18,19)16-12-5-3-2-4-11(12)13(17)15-10-6-8-14-9-7-10/h2-9,16H,1H3,(H,14,15,17). The van der Waals surface area contributed by atoms with Crippen LogP contribution in [0.3, 0.4) is 0 Å². The van der Waals surface area contributed by atoms with Crippen molar-refractivity contribution < 1.29 is 13.2 Å². The minimum absolute atomic E-state index is 0.238. The van der Waals surface area contributed by atoms with Crippen LogP contribution < -0.4 is 10.0 Å². The first kappa shape index (κ1) is 14.0. The van der Waals surface area contributed by atoms with Gasteiger partial charge in [0, 0.05) is 18.1 Å². The van der Waals surface area contributed by atoms with Crippen molar-refractivity contribution in [3.8, 4) is 0 Å². The minimum atomic E-state index is -3.45. The summed E-state index contributed by atoms with van der Waals surface area (Å²) >= 11 is 0. The maximum atomic E-state index is 12.2. The number of sulfonamides is 1. The molecule has 0 spiro atoms. The molecular weight excluding hydrogens is 278 g/mol. The van der Waals surface area contributed by atoms with E-state index < -0.39 is 15.9 Å². The Hall–Kier alpha value is -2.41. The van der Waals surface area contributed by atoms with E-state index in [1.807, 2.05) is 0 Å². The molecule has 0 atom stereocenters. The van der Waals surface area contributed by atoms with Crippen molar-refractivity contribution in [1.82, 2.24) is 4.98 Å². The number of carbonyl (C=O) groups excluding carboxylic acids is 1. The van der Waals surface area contributed by atoms with E-state index >= 15 is 0 Å². The number of nitrogens with one attached hydrogen (secondary N) is 2. The van der Waals surface area contributed by atoms with Crippen LogP contribution in [0.1, 0.15) is 10.4 Å². The average molecular weight is 291 g/mol. The molecular formula is C13H13N3O3S. The molecule has 0 unspecified atom stereocenters. The number of aromatic nitrogens is 1. The van der Waals surface area contributed by atoms with Crippen molar-refractivity contribution in [3.63, 3.8) is 0 Å². The second-order valence-electron chi connectivity index (χ2n) is 4.11. The summed E-state index contributed by atoms with van der Waals surface area (Å²) in [7, 11) is -3.45. The van der Waals surface area contributed by atoms with Crippen LogP contribution in [0.15, 0.2) is 48.8 Å².